The third kappa shape index (κ3) is 3.57. The highest BCUT2D eigenvalue weighted by molar-refractivity contribution is 5.83. The van der Waals surface area contributed by atoms with Crippen LogP contribution in [0.3, 0.4) is 0 Å². The van der Waals surface area contributed by atoms with Gasteiger partial charge in [0.15, 0.2) is 0 Å². The molecular formula is C16H23NO2. The first-order chi connectivity index (χ1) is 9.08. The summed E-state index contributed by atoms with van der Waals surface area (Å²) in [5, 5.41) is 12.7. The summed E-state index contributed by atoms with van der Waals surface area (Å²) in [6.45, 7) is 4.55. The number of carbonyl (C=O) groups excluding carboxylic acids is 1. The van der Waals surface area contributed by atoms with Gasteiger partial charge in [-0.3, -0.25) is 4.79 Å². The van der Waals surface area contributed by atoms with Gasteiger partial charge in [0, 0.05) is 12.5 Å². The molecule has 3 heteroatoms. The van der Waals surface area contributed by atoms with Gasteiger partial charge in [-0.25, -0.2) is 0 Å². The van der Waals surface area contributed by atoms with Crippen molar-refractivity contribution in [3.8, 4) is 0 Å². The predicted molar refractivity (Wildman–Crippen MR) is 76.0 cm³/mol. The van der Waals surface area contributed by atoms with Crippen molar-refractivity contribution in [3.63, 3.8) is 0 Å². The maximum atomic E-state index is 12.1. The Hall–Kier alpha value is -1.35. The van der Waals surface area contributed by atoms with Crippen LogP contribution in [0.25, 0.3) is 0 Å². The van der Waals surface area contributed by atoms with Crippen LogP contribution in [0.15, 0.2) is 24.3 Å². The lowest BCUT2D eigenvalue weighted by molar-refractivity contribution is -0.122. The molecule has 2 rings (SSSR count). The average Bonchev–Trinajstić information content (AvgIpc) is 2.80. The molecule has 1 aromatic rings. The topological polar surface area (TPSA) is 49.3 Å². The maximum absolute atomic E-state index is 12.1. The van der Waals surface area contributed by atoms with Crippen LogP contribution in [0, 0.1) is 12.8 Å². The summed E-state index contributed by atoms with van der Waals surface area (Å²) < 4.78 is 0. The molecule has 0 aliphatic heterocycles. The Balaban J connectivity index is 1.89. The van der Waals surface area contributed by atoms with Crippen molar-refractivity contribution in [1.82, 2.24) is 5.32 Å². The van der Waals surface area contributed by atoms with E-state index in [1.54, 1.807) is 0 Å². The molecule has 1 aliphatic carbocycles. The van der Waals surface area contributed by atoms with E-state index in [0.717, 1.165) is 24.8 Å². The molecule has 1 amide bonds. The van der Waals surface area contributed by atoms with Gasteiger partial charge in [-0.1, -0.05) is 36.2 Å². The van der Waals surface area contributed by atoms with E-state index in [-0.39, 0.29) is 23.8 Å². The molecule has 2 N–H and O–H groups in total. The number of benzene rings is 1. The smallest absolute Gasteiger partial charge is 0.227 e. The first kappa shape index (κ1) is 14.1. The average molecular weight is 261 g/mol. The number of rotatable bonds is 4. The second kappa shape index (κ2) is 6.20. The minimum absolute atomic E-state index is 0.0460. The van der Waals surface area contributed by atoms with Gasteiger partial charge in [0.1, 0.15) is 0 Å². The third-order valence-corrected chi connectivity index (χ3v) is 4.09. The van der Waals surface area contributed by atoms with Crippen LogP contribution in [0.5, 0.6) is 0 Å². The van der Waals surface area contributed by atoms with Gasteiger partial charge in [-0.05, 0) is 32.3 Å². The second-order valence-electron chi connectivity index (χ2n) is 5.64. The molecule has 1 aromatic carbocycles. The van der Waals surface area contributed by atoms with Gasteiger partial charge in [-0.15, -0.1) is 0 Å². The number of aryl methyl sites for hydroxylation is 1. The Morgan fingerprint density at radius 1 is 1.47 bits per heavy atom. The summed E-state index contributed by atoms with van der Waals surface area (Å²) in [5.74, 6) is 0.136. The van der Waals surface area contributed by atoms with E-state index in [4.69, 9.17) is 0 Å². The molecule has 3 nitrogen and oxygen atoms in total. The molecule has 0 bridgehead atoms. The van der Waals surface area contributed by atoms with Crippen LogP contribution in [0.2, 0.25) is 0 Å². The summed E-state index contributed by atoms with van der Waals surface area (Å²) in [7, 11) is 0. The van der Waals surface area contributed by atoms with Gasteiger partial charge in [0.2, 0.25) is 5.91 Å². The number of amides is 1. The molecule has 0 saturated heterocycles. The Labute approximate surface area is 115 Å². The Bertz CT molecular complexity index is 444. The van der Waals surface area contributed by atoms with Crippen LogP contribution in [0.1, 0.15) is 43.2 Å². The van der Waals surface area contributed by atoms with Crippen molar-refractivity contribution in [2.45, 2.75) is 45.1 Å². The molecule has 3 atom stereocenters. The zero-order valence-electron chi connectivity index (χ0n) is 11.7. The molecule has 3 unspecified atom stereocenters. The van der Waals surface area contributed by atoms with Crippen LogP contribution in [0.4, 0.5) is 0 Å². The van der Waals surface area contributed by atoms with Crippen LogP contribution in [-0.4, -0.2) is 23.7 Å². The summed E-state index contributed by atoms with van der Waals surface area (Å²) in [6.07, 6.45) is 2.71. The van der Waals surface area contributed by atoms with Gasteiger partial charge in [-0.2, -0.15) is 0 Å². The molecular weight excluding hydrogens is 238 g/mol. The van der Waals surface area contributed by atoms with E-state index >= 15 is 0 Å². The number of carbonyl (C=O) groups is 1. The first-order valence-electron chi connectivity index (χ1n) is 7.10. The van der Waals surface area contributed by atoms with Crippen molar-refractivity contribution >= 4 is 5.91 Å². The zero-order chi connectivity index (χ0) is 13.8. The summed E-state index contributed by atoms with van der Waals surface area (Å²) in [6, 6.07) is 8.05. The summed E-state index contributed by atoms with van der Waals surface area (Å²) in [4.78, 5) is 12.1. The molecule has 1 aliphatic rings. The van der Waals surface area contributed by atoms with Crippen molar-refractivity contribution in [1.29, 1.82) is 0 Å². The van der Waals surface area contributed by atoms with Crippen molar-refractivity contribution < 1.29 is 9.90 Å². The monoisotopic (exact) mass is 261 g/mol. The number of hydrogen-bond acceptors (Lipinski definition) is 2. The molecule has 0 spiro atoms. The fourth-order valence-electron chi connectivity index (χ4n) is 2.73. The van der Waals surface area contributed by atoms with Crippen LogP contribution in [-0.2, 0) is 4.79 Å². The van der Waals surface area contributed by atoms with Crippen molar-refractivity contribution in [2.75, 3.05) is 6.54 Å². The maximum Gasteiger partial charge on any atom is 0.227 e. The highest BCUT2D eigenvalue weighted by atomic mass is 16.3. The van der Waals surface area contributed by atoms with Crippen LogP contribution < -0.4 is 5.32 Å². The number of nitrogens with one attached hydrogen (secondary N) is 1. The predicted octanol–water partition coefficient (Wildman–Crippen LogP) is 2.38. The second-order valence-corrected chi connectivity index (χ2v) is 5.64. The summed E-state index contributed by atoms with van der Waals surface area (Å²) in [5.41, 5.74) is 2.22. The molecule has 19 heavy (non-hydrogen) atoms. The van der Waals surface area contributed by atoms with E-state index < -0.39 is 0 Å². The standard InChI is InChI=1S/C16H23NO2/c1-11-5-3-6-13(9-11)12(2)16(19)17-10-14-7-4-8-15(14)18/h3,5-6,9,12,14-15,18H,4,7-8,10H2,1-2H3,(H,17,19). The first-order valence-corrected chi connectivity index (χ1v) is 7.10. The number of hydrogen-bond donors (Lipinski definition) is 2. The van der Waals surface area contributed by atoms with Gasteiger partial charge >= 0.3 is 0 Å². The summed E-state index contributed by atoms with van der Waals surface area (Å²) >= 11 is 0. The largest absolute Gasteiger partial charge is 0.393 e. The lowest BCUT2D eigenvalue weighted by atomic mass is 9.98. The minimum atomic E-state index is -0.241. The van der Waals surface area contributed by atoms with Gasteiger partial charge in [0.05, 0.1) is 12.0 Å². The molecule has 0 aromatic heterocycles. The van der Waals surface area contributed by atoms with Crippen molar-refractivity contribution in [2.24, 2.45) is 5.92 Å². The SMILES string of the molecule is Cc1cccc(C(C)C(=O)NCC2CCCC2O)c1. The van der Waals surface area contributed by atoms with Gasteiger partial charge in [0.25, 0.3) is 0 Å². The van der Waals surface area contributed by atoms with E-state index in [1.807, 2.05) is 32.0 Å². The fraction of sp³-hybridized carbons (Fsp3) is 0.562. The Kier molecular flexibility index (Phi) is 4.59. The molecule has 1 saturated carbocycles. The minimum Gasteiger partial charge on any atom is -0.393 e. The molecule has 0 heterocycles. The quantitative estimate of drug-likeness (QED) is 0.874. The highest BCUT2D eigenvalue weighted by Gasteiger charge is 2.26. The normalized spacial score (nSPS) is 24.2. The van der Waals surface area contributed by atoms with E-state index in [2.05, 4.69) is 11.4 Å². The lowest BCUT2D eigenvalue weighted by Gasteiger charge is -2.18. The molecule has 1 fully saturated rings. The zero-order valence-corrected chi connectivity index (χ0v) is 11.7. The van der Waals surface area contributed by atoms with E-state index in [9.17, 15) is 9.90 Å². The van der Waals surface area contributed by atoms with E-state index in [1.165, 1.54) is 5.56 Å². The fourth-order valence-corrected chi connectivity index (χ4v) is 2.73. The molecule has 104 valence electrons. The third-order valence-electron chi connectivity index (χ3n) is 4.09. The van der Waals surface area contributed by atoms with Crippen LogP contribution >= 0.6 is 0 Å². The lowest BCUT2D eigenvalue weighted by Crippen LogP contribution is -2.34. The molecule has 0 radical (unpaired) electrons. The Morgan fingerprint density at radius 2 is 2.26 bits per heavy atom. The highest BCUT2D eigenvalue weighted by Crippen LogP contribution is 2.25. The van der Waals surface area contributed by atoms with Crippen molar-refractivity contribution in [3.05, 3.63) is 35.4 Å². The number of aliphatic hydroxyl groups excluding tert-OH is 1. The van der Waals surface area contributed by atoms with E-state index in [0.29, 0.717) is 6.54 Å². The van der Waals surface area contributed by atoms with Gasteiger partial charge < -0.3 is 10.4 Å². The Morgan fingerprint density at radius 3 is 2.89 bits per heavy atom. The number of aliphatic hydroxyl groups is 1.